The number of nitrogens with one attached hydrogen (secondary N) is 1. The summed E-state index contributed by atoms with van der Waals surface area (Å²) in [6, 6.07) is 4.88. The number of nitrogens with two attached hydrogens (primary N) is 1. The molecule has 1 aliphatic carbocycles. The predicted molar refractivity (Wildman–Crippen MR) is 73.1 cm³/mol. The first-order valence-electron chi connectivity index (χ1n) is 6.50. The van der Waals surface area contributed by atoms with Crippen molar-refractivity contribution in [2.24, 2.45) is 17.6 Å². The van der Waals surface area contributed by atoms with Crippen LogP contribution in [-0.2, 0) is 0 Å². The van der Waals surface area contributed by atoms with Gasteiger partial charge in [-0.1, -0.05) is 24.6 Å². The number of halogens is 2. The van der Waals surface area contributed by atoms with Gasteiger partial charge in [0.25, 0.3) is 0 Å². The molecular formula is C14H20ClFN2. The molecule has 18 heavy (non-hydrogen) atoms. The molecule has 3 N–H and O–H groups in total. The molecule has 1 aromatic carbocycles. The molecule has 0 aliphatic heterocycles. The predicted octanol–water partition coefficient (Wildman–Crippen LogP) is 3.11. The first-order valence-corrected chi connectivity index (χ1v) is 6.88. The Bertz CT molecular complexity index is 407. The van der Waals surface area contributed by atoms with Crippen molar-refractivity contribution in [2.75, 3.05) is 13.1 Å². The van der Waals surface area contributed by atoms with Crippen molar-refractivity contribution in [1.29, 1.82) is 0 Å². The Kier molecular flexibility index (Phi) is 4.60. The van der Waals surface area contributed by atoms with Crippen LogP contribution in [0.4, 0.5) is 4.39 Å². The lowest BCUT2D eigenvalue weighted by molar-refractivity contribution is 0.422. The molecular weight excluding hydrogens is 251 g/mol. The number of hydrogen-bond acceptors (Lipinski definition) is 2. The lowest BCUT2D eigenvalue weighted by atomic mass is 10.0. The molecule has 0 amide bonds. The van der Waals surface area contributed by atoms with E-state index in [-0.39, 0.29) is 16.9 Å². The minimum absolute atomic E-state index is 0.00188. The van der Waals surface area contributed by atoms with Crippen LogP contribution in [0.25, 0.3) is 0 Å². The molecule has 0 saturated heterocycles. The molecule has 1 fully saturated rings. The zero-order chi connectivity index (χ0) is 13.1. The van der Waals surface area contributed by atoms with Crippen LogP contribution >= 0.6 is 11.6 Å². The maximum absolute atomic E-state index is 13.4. The molecule has 0 aromatic heterocycles. The highest BCUT2D eigenvalue weighted by Gasteiger charge is 2.28. The normalized spacial score (nSPS) is 18.7. The fourth-order valence-corrected chi connectivity index (χ4v) is 2.34. The van der Waals surface area contributed by atoms with E-state index in [9.17, 15) is 4.39 Å². The van der Waals surface area contributed by atoms with Gasteiger partial charge in [-0.25, -0.2) is 4.39 Å². The molecule has 1 saturated carbocycles. The zero-order valence-electron chi connectivity index (χ0n) is 10.6. The Hall–Kier alpha value is -0.640. The Morgan fingerprint density at radius 3 is 2.78 bits per heavy atom. The quantitative estimate of drug-likeness (QED) is 0.834. The van der Waals surface area contributed by atoms with Gasteiger partial charge in [0.2, 0.25) is 0 Å². The average Bonchev–Trinajstić information content (AvgIpc) is 3.18. The topological polar surface area (TPSA) is 38.0 Å². The second-order valence-electron chi connectivity index (χ2n) is 5.18. The van der Waals surface area contributed by atoms with Gasteiger partial charge in [0.15, 0.2) is 0 Å². The van der Waals surface area contributed by atoms with Crippen molar-refractivity contribution in [3.8, 4) is 0 Å². The van der Waals surface area contributed by atoms with Crippen LogP contribution in [0.1, 0.15) is 31.4 Å². The Labute approximate surface area is 113 Å². The minimum atomic E-state index is -0.385. The van der Waals surface area contributed by atoms with Crippen molar-refractivity contribution in [3.63, 3.8) is 0 Å². The first kappa shape index (κ1) is 13.8. The molecule has 2 rings (SSSR count). The first-order chi connectivity index (χ1) is 8.61. The molecule has 2 nitrogen and oxygen atoms in total. The van der Waals surface area contributed by atoms with E-state index in [0.29, 0.717) is 12.5 Å². The summed E-state index contributed by atoms with van der Waals surface area (Å²) in [5, 5.41) is 3.57. The monoisotopic (exact) mass is 270 g/mol. The summed E-state index contributed by atoms with van der Waals surface area (Å²) in [6.07, 6.45) is 2.68. The van der Waals surface area contributed by atoms with Gasteiger partial charge in [-0.2, -0.15) is 0 Å². The minimum Gasteiger partial charge on any atom is -0.329 e. The van der Waals surface area contributed by atoms with Crippen molar-refractivity contribution in [2.45, 2.75) is 25.8 Å². The van der Waals surface area contributed by atoms with Crippen LogP contribution in [0.3, 0.4) is 0 Å². The maximum Gasteiger partial charge on any atom is 0.142 e. The largest absolute Gasteiger partial charge is 0.329 e. The van der Waals surface area contributed by atoms with Gasteiger partial charge in [-0.3, -0.25) is 0 Å². The van der Waals surface area contributed by atoms with E-state index >= 15 is 0 Å². The second-order valence-corrected chi connectivity index (χ2v) is 5.59. The summed E-state index contributed by atoms with van der Waals surface area (Å²) < 4.78 is 13.4. The summed E-state index contributed by atoms with van der Waals surface area (Å²) in [6.45, 7) is 3.63. The molecule has 2 unspecified atom stereocenters. The van der Waals surface area contributed by atoms with Gasteiger partial charge < -0.3 is 11.1 Å². The highest BCUT2D eigenvalue weighted by Crippen LogP contribution is 2.36. The molecule has 0 bridgehead atoms. The van der Waals surface area contributed by atoms with Crippen LogP contribution in [-0.4, -0.2) is 13.1 Å². The highest BCUT2D eigenvalue weighted by atomic mass is 35.5. The van der Waals surface area contributed by atoms with Crippen LogP contribution < -0.4 is 11.1 Å². The summed E-state index contributed by atoms with van der Waals surface area (Å²) in [5.41, 5.74) is 6.62. The van der Waals surface area contributed by atoms with Gasteiger partial charge in [-0.15, -0.1) is 0 Å². The maximum atomic E-state index is 13.4. The van der Waals surface area contributed by atoms with Crippen LogP contribution in [0.2, 0.25) is 5.02 Å². The van der Waals surface area contributed by atoms with E-state index in [1.54, 1.807) is 6.07 Å². The van der Waals surface area contributed by atoms with Gasteiger partial charge in [0.1, 0.15) is 5.82 Å². The Morgan fingerprint density at radius 2 is 2.22 bits per heavy atom. The summed E-state index contributed by atoms with van der Waals surface area (Å²) in [7, 11) is 0. The van der Waals surface area contributed by atoms with Gasteiger partial charge in [-0.05, 0) is 48.9 Å². The molecule has 0 heterocycles. The smallest absolute Gasteiger partial charge is 0.142 e. The number of rotatable bonds is 6. The van der Waals surface area contributed by atoms with Gasteiger partial charge in [0, 0.05) is 12.6 Å². The van der Waals surface area contributed by atoms with Crippen LogP contribution in [0.5, 0.6) is 0 Å². The number of benzene rings is 1. The Morgan fingerprint density at radius 1 is 1.50 bits per heavy atom. The third-order valence-corrected chi connectivity index (χ3v) is 4.00. The molecule has 0 radical (unpaired) electrons. The molecule has 100 valence electrons. The second kappa shape index (κ2) is 6.00. The summed E-state index contributed by atoms with van der Waals surface area (Å²) >= 11 is 5.68. The Balaban J connectivity index is 1.96. The van der Waals surface area contributed by atoms with Gasteiger partial charge in [0.05, 0.1) is 5.02 Å². The SMILES string of the molecule is CC(CNC(CN)c1ccc(Cl)c(F)c1)C1CC1. The summed E-state index contributed by atoms with van der Waals surface area (Å²) in [5.74, 6) is 1.14. The van der Waals surface area contributed by atoms with Crippen molar-refractivity contribution in [1.82, 2.24) is 5.32 Å². The molecule has 4 heteroatoms. The third-order valence-electron chi connectivity index (χ3n) is 3.69. The van der Waals surface area contributed by atoms with E-state index in [4.69, 9.17) is 17.3 Å². The third kappa shape index (κ3) is 3.44. The standard InChI is InChI=1S/C14H20ClFN2/c1-9(10-2-3-10)8-18-14(7-17)11-4-5-12(15)13(16)6-11/h4-6,9-10,14,18H,2-3,7-8,17H2,1H3. The van der Waals surface area contributed by atoms with E-state index < -0.39 is 0 Å². The molecule has 0 spiro atoms. The van der Waals surface area contributed by atoms with E-state index in [1.807, 2.05) is 6.07 Å². The zero-order valence-corrected chi connectivity index (χ0v) is 11.4. The average molecular weight is 271 g/mol. The lowest BCUT2D eigenvalue weighted by Crippen LogP contribution is -2.32. The van der Waals surface area contributed by atoms with Crippen molar-refractivity contribution < 1.29 is 4.39 Å². The molecule has 1 aliphatic rings. The fraction of sp³-hybridized carbons (Fsp3) is 0.571. The molecule has 1 aromatic rings. The number of hydrogen-bond donors (Lipinski definition) is 2. The van der Waals surface area contributed by atoms with Crippen LogP contribution in [0, 0.1) is 17.7 Å². The van der Waals surface area contributed by atoms with E-state index in [2.05, 4.69) is 12.2 Å². The summed E-state index contributed by atoms with van der Waals surface area (Å²) in [4.78, 5) is 0. The van der Waals surface area contributed by atoms with Crippen molar-refractivity contribution >= 4 is 11.6 Å². The van der Waals surface area contributed by atoms with E-state index in [1.165, 1.54) is 18.9 Å². The van der Waals surface area contributed by atoms with Crippen LogP contribution in [0.15, 0.2) is 18.2 Å². The van der Waals surface area contributed by atoms with E-state index in [0.717, 1.165) is 18.0 Å². The van der Waals surface area contributed by atoms with Gasteiger partial charge >= 0.3 is 0 Å². The lowest BCUT2D eigenvalue weighted by Gasteiger charge is -2.20. The molecule has 2 atom stereocenters. The fourth-order valence-electron chi connectivity index (χ4n) is 2.23. The van der Waals surface area contributed by atoms with Crippen molar-refractivity contribution in [3.05, 3.63) is 34.6 Å². The highest BCUT2D eigenvalue weighted by molar-refractivity contribution is 6.30.